The van der Waals surface area contributed by atoms with E-state index in [1.165, 1.54) is 12.3 Å². The highest BCUT2D eigenvalue weighted by molar-refractivity contribution is 5.75. The second-order valence-corrected chi connectivity index (χ2v) is 9.23. The number of halogens is 3. The van der Waals surface area contributed by atoms with Gasteiger partial charge in [-0.2, -0.15) is 5.10 Å². The highest BCUT2D eigenvalue weighted by atomic mass is 19.4. The van der Waals surface area contributed by atoms with Gasteiger partial charge in [-0.3, -0.25) is 4.68 Å². The SMILES string of the molecule is Cc1ncc(C(C)NC(=O)N2CCC3(CCn4nc(-c5cnc(N)c(OC(F)(F)F)c5)cc43)C2)cn1. The predicted octanol–water partition coefficient (Wildman–Crippen LogP) is 3.34. The number of nitrogens with two attached hydrogens (primary N) is 1. The van der Waals surface area contributed by atoms with E-state index >= 15 is 0 Å². The average molecular weight is 503 g/mol. The molecule has 2 aliphatic heterocycles. The van der Waals surface area contributed by atoms with E-state index in [4.69, 9.17) is 5.73 Å². The van der Waals surface area contributed by atoms with Gasteiger partial charge < -0.3 is 20.7 Å². The molecule has 3 aromatic rings. The Bertz CT molecular complexity index is 1290. The lowest BCUT2D eigenvalue weighted by Crippen LogP contribution is -2.41. The number of alkyl halides is 3. The van der Waals surface area contributed by atoms with Crippen molar-refractivity contribution in [2.45, 2.75) is 51.1 Å². The number of aromatic nitrogens is 5. The molecule has 1 fully saturated rings. The van der Waals surface area contributed by atoms with Crippen molar-refractivity contribution in [3.05, 3.63) is 47.8 Å². The first kappa shape index (κ1) is 23.8. The van der Waals surface area contributed by atoms with Crippen LogP contribution in [-0.4, -0.2) is 55.1 Å². The Morgan fingerprint density at radius 1 is 1.17 bits per heavy atom. The minimum Gasteiger partial charge on any atom is -0.402 e. The molecule has 5 rings (SSSR count). The molecule has 0 aliphatic carbocycles. The summed E-state index contributed by atoms with van der Waals surface area (Å²) in [4.78, 5) is 27.0. The zero-order valence-corrected chi connectivity index (χ0v) is 19.7. The standard InChI is InChI=1S/C23H25F3N8O2/c1-13(16-10-28-14(2)29-11-16)31-21(35)33-5-3-22(12-33)4-6-34-19(22)8-17(32-34)15-7-18(20(27)30-9-15)36-23(24,25)26/h7-11,13H,3-6,12H2,1-2H3,(H2,27,30)(H,31,35). The van der Waals surface area contributed by atoms with Crippen molar-refractivity contribution in [3.8, 4) is 17.0 Å². The fraction of sp³-hybridized carbons (Fsp3) is 0.435. The van der Waals surface area contributed by atoms with Crippen molar-refractivity contribution in [1.29, 1.82) is 0 Å². The average Bonchev–Trinajstić information content (AvgIpc) is 3.52. The molecule has 2 aliphatic rings. The molecule has 3 aromatic heterocycles. The van der Waals surface area contributed by atoms with Crippen LogP contribution in [0, 0.1) is 6.92 Å². The Morgan fingerprint density at radius 2 is 1.89 bits per heavy atom. The van der Waals surface area contributed by atoms with Gasteiger partial charge in [-0.15, -0.1) is 13.2 Å². The number of carbonyl (C=O) groups excluding carboxylic acids is 1. The molecule has 1 spiro atoms. The largest absolute Gasteiger partial charge is 0.573 e. The van der Waals surface area contributed by atoms with Crippen LogP contribution in [0.4, 0.5) is 23.8 Å². The molecule has 1 saturated heterocycles. The van der Waals surface area contributed by atoms with Gasteiger partial charge in [0.1, 0.15) is 5.82 Å². The molecule has 0 radical (unpaired) electrons. The van der Waals surface area contributed by atoms with E-state index in [2.05, 4.69) is 30.1 Å². The Hall–Kier alpha value is -3.90. The smallest absolute Gasteiger partial charge is 0.402 e. The first-order valence-corrected chi connectivity index (χ1v) is 11.5. The maximum absolute atomic E-state index is 13.0. The lowest BCUT2D eigenvalue weighted by Gasteiger charge is -2.25. The second-order valence-electron chi connectivity index (χ2n) is 9.23. The minimum absolute atomic E-state index is 0.171. The number of hydrogen-bond acceptors (Lipinski definition) is 7. The van der Waals surface area contributed by atoms with Crippen molar-refractivity contribution in [3.63, 3.8) is 0 Å². The highest BCUT2D eigenvalue weighted by Gasteiger charge is 2.47. The second kappa shape index (κ2) is 8.64. The minimum atomic E-state index is -4.88. The van der Waals surface area contributed by atoms with Gasteiger partial charge in [-0.05, 0) is 38.8 Å². The van der Waals surface area contributed by atoms with Gasteiger partial charge in [0.05, 0.1) is 11.7 Å². The van der Waals surface area contributed by atoms with E-state index in [-0.39, 0.29) is 23.3 Å². The molecule has 2 unspecified atom stereocenters. The number of ether oxygens (including phenoxy) is 1. The Balaban J connectivity index is 1.31. The van der Waals surface area contributed by atoms with Crippen LogP contribution in [0.3, 0.4) is 0 Å². The number of likely N-dealkylation sites (tertiary alicyclic amines) is 1. The predicted molar refractivity (Wildman–Crippen MR) is 123 cm³/mol. The third kappa shape index (κ3) is 4.52. The van der Waals surface area contributed by atoms with Crippen LogP contribution in [0.5, 0.6) is 5.75 Å². The number of carbonyl (C=O) groups is 1. The normalized spacial score (nSPS) is 20.0. The molecule has 36 heavy (non-hydrogen) atoms. The molecule has 0 saturated carbocycles. The van der Waals surface area contributed by atoms with Crippen LogP contribution in [0.25, 0.3) is 11.3 Å². The van der Waals surface area contributed by atoms with E-state index < -0.39 is 12.1 Å². The Labute approximate surface area is 204 Å². The highest BCUT2D eigenvalue weighted by Crippen LogP contribution is 2.44. The number of pyridine rings is 1. The summed E-state index contributed by atoms with van der Waals surface area (Å²) in [5.74, 6) is -0.266. The van der Waals surface area contributed by atoms with Gasteiger partial charge in [-0.1, -0.05) is 0 Å². The summed E-state index contributed by atoms with van der Waals surface area (Å²) >= 11 is 0. The summed E-state index contributed by atoms with van der Waals surface area (Å²) in [6.45, 7) is 5.43. The number of rotatable bonds is 4. The third-order valence-electron chi connectivity index (χ3n) is 6.81. The summed E-state index contributed by atoms with van der Waals surface area (Å²) in [7, 11) is 0. The molecule has 13 heteroatoms. The van der Waals surface area contributed by atoms with Crippen LogP contribution in [0.1, 0.15) is 42.9 Å². The molecule has 2 amide bonds. The first-order valence-electron chi connectivity index (χ1n) is 11.5. The number of nitrogens with zero attached hydrogens (tertiary/aromatic N) is 6. The lowest BCUT2D eigenvalue weighted by molar-refractivity contribution is -0.274. The number of hydrogen-bond donors (Lipinski definition) is 2. The van der Waals surface area contributed by atoms with Crippen molar-refractivity contribution in [2.24, 2.45) is 0 Å². The first-order chi connectivity index (χ1) is 17.0. The van der Waals surface area contributed by atoms with E-state index in [1.54, 1.807) is 24.2 Å². The Kier molecular flexibility index (Phi) is 5.72. The number of nitrogens with one attached hydrogen (secondary N) is 1. The van der Waals surface area contributed by atoms with Crippen LogP contribution in [0.2, 0.25) is 0 Å². The van der Waals surface area contributed by atoms with Crippen LogP contribution in [-0.2, 0) is 12.0 Å². The number of urea groups is 1. The van der Waals surface area contributed by atoms with Crippen LogP contribution in [0.15, 0.2) is 30.7 Å². The molecule has 5 heterocycles. The summed E-state index contributed by atoms with van der Waals surface area (Å²) in [6, 6.07) is 2.62. The number of anilines is 1. The topological polar surface area (TPSA) is 124 Å². The quantitative estimate of drug-likeness (QED) is 0.561. The number of amides is 2. The monoisotopic (exact) mass is 502 g/mol. The van der Waals surface area contributed by atoms with Crippen LogP contribution >= 0.6 is 0 Å². The molecule has 0 aromatic carbocycles. The van der Waals surface area contributed by atoms with Crippen molar-refractivity contribution in [1.82, 2.24) is 34.9 Å². The summed E-state index contributed by atoms with van der Waals surface area (Å²) in [6.07, 6.45) is 1.47. The zero-order chi connectivity index (χ0) is 25.7. The van der Waals surface area contributed by atoms with Crippen molar-refractivity contribution in [2.75, 3.05) is 18.8 Å². The van der Waals surface area contributed by atoms with Gasteiger partial charge in [0.2, 0.25) is 0 Å². The van der Waals surface area contributed by atoms with Crippen molar-refractivity contribution >= 4 is 11.8 Å². The van der Waals surface area contributed by atoms with Gasteiger partial charge in [0.15, 0.2) is 11.6 Å². The molecule has 0 bridgehead atoms. The third-order valence-corrected chi connectivity index (χ3v) is 6.81. The van der Waals surface area contributed by atoms with E-state index in [0.717, 1.165) is 24.1 Å². The number of nitrogen functional groups attached to an aromatic ring is 1. The van der Waals surface area contributed by atoms with Gasteiger partial charge >= 0.3 is 12.4 Å². The molecular formula is C23H25F3N8O2. The fourth-order valence-electron chi connectivity index (χ4n) is 4.85. The molecule has 190 valence electrons. The van der Waals surface area contributed by atoms with Crippen molar-refractivity contribution < 1.29 is 22.7 Å². The number of aryl methyl sites for hydroxylation is 2. The molecule has 3 N–H and O–H groups in total. The lowest BCUT2D eigenvalue weighted by atomic mass is 9.82. The summed E-state index contributed by atoms with van der Waals surface area (Å²) < 4.78 is 44.0. The van der Waals surface area contributed by atoms with Crippen LogP contribution < -0.4 is 15.8 Å². The van der Waals surface area contributed by atoms with E-state index in [9.17, 15) is 18.0 Å². The maximum atomic E-state index is 13.0. The molecule has 10 nitrogen and oxygen atoms in total. The number of fused-ring (bicyclic) bond motifs is 2. The van der Waals surface area contributed by atoms with E-state index in [0.29, 0.717) is 36.7 Å². The van der Waals surface area contributed by atoms with E-state index in [1.807, 2.05) is 17.7 Å². The molecule has 2 atom stereocenters. The van der Waals surface area contributed by atoms with Gasteiger partial charge in [0, 0.05) is 60.5 Å². The maximum Gasteiger partial charge on any atom is 0.573 e. The van der Waals surface area contributed by atoms with Gasteiger partial charge in [0.25, 0.3) is 0 Å². The fourth-order valence-corrected chi connectivity index (χ4v) is 4.85. The summed E-state index contributed by atoms with van der Waals surface area (Å²) in [5.41, 5.74) is 7.88. The zero-order valence-electron chi connectivity index (χ0n) is 19.7. The summed E-state index contributed by atoms with van der Waals surface area (Å²) in [5, 5.41) is 7.59. The Morgan fingerprint density at radius 3 is 2.61 bits per heavy atom. The molecular weight excluding hydrogens is 477 g/mol. The van der Waals surface area contributed by atoms with Gasteiger partial charge in [-0.25, -0.2) is 19.7 Å².